The van der Waals surface area contributed by atoms with Crippen molar-refractivity contribution in [1.82, 2.24) is 4.98 Å². The van der Waals surface area contributed by atoms with Gasteiger partial charge in [0.05, 0.1) is 27.0 Å². The van der Waals surface area contributed by atoms with Crippen molar-refractivity contribution in [1.29, 1.82) is 5.26 Å². The monoisotopic (exact) mass is 375 g/mol. The zero-order valence-corrected chi connectivity index (χ0v) is 16.2. The Morgan fingerprint density at radius 1 is 0.857 bits per heavy atom. The van der Waals surface area contributed by atoms with Crippen molar-refractivity contribution in [2.75, 3.05) is 27.1 Å². The van der Waals surface area contributed by atoms with Gasteiger partial charge in [-0.1, -0.05) is 29.8 Å². The maximum atomic E-state index is 9.68. The quantitative estimate of drug-likeness (QED) is 0.719. The van der Waals surface area contributed by atoms with E-state index in [1.54, 1.807) is 33.5 Å². The Kier molecular flexibility index (Phi) is 5.37. The first kappa shape index (κ1) is 19.1. The second-order valence-corrected chi connectivity index (χ2v) is 6.20. The number of methoxy groups -OCH3 is 3. The van der Waals surface area contributed by atoms with Gasteiger partial charge in [0, 0.05) is 22.8 Å². The lowest BCUT2D eigenvalue weighted by molar-refractivity contribution is 0.349. The Morgan fingerprint density at radius 3 is 2.04 bits per heavy atom. The zero-order valence-electron chi connectivity index (χ0n) is 16.2. The summed E-state index contributed by atoms with van der Waals surface area (Å²) < 4.78 is 16.3. The van der Waals surface area contributed by atoms with Crippen LogP contribution in [0.15, 0.2) is 42.5 Å². The molecule has 6 nitrogen and oxygen atoms in total. The van der Waals surface area contributed by atoms with E-state index in [-0.39, 0.29) is 11.4 Å². The van der Waals surface area contributed by atoms with Gasteiger partial charge in [-0.3, -0.25) is 0 Å². The van der Waals surface area contributed by atoms with Gasteiger partial charge in [0.2, 0.25) is 0 Å². The van der Waals surface area contributed by atoms with Gasteiger partial charge in [-0.25, -0.2) is 4.98 Å². The number of benzene rings is 2. The summed E-state index contributed by atoms with van der Waals surface area (Å²) in [5.41, 5.74) is 10.4. The normalized spacial score (nSPS) is 10.2. The second kappa shape index (κ2) is 7.89. The van der Waals surface area contributed by atoms with Crippen LogP contribution in [-0.2, 0) is 0 Å². The topological polar surface area (TPSA) is 90.4 Å². The van der Waals surface area contributed by atoms with E-state index in [2.05, 4.69) is 11.1 Å². The highest BCUT2D eigenvalue weighted by atomic mass is 16.5. The molecule has 3 rings (SSSR count). The van der Waals surface area contributed by atoms with E-state index in [1.807, 2.05) is 37.3 Å². The Labute approximate surface area is 164 Å². The summed E-state index contributed by atoms with van der Waals surface area (Å²) in [6.07, 6.45) is 0. The van der Waals surface area contributed by atoms with Crippen molar-refractivity contribution in [2.24, 2.45) is 0 Å². The van der Waals surface area contributed by atoms with Crippen LogP contribution in [0.25, 0.3) is 22.4 Å². The third-order valence-corrected chi connectivity index (χ3v) is 4.50. The van der Waals surface area contributed by atoms with E-state index in [0.717, 1.165) is 11.1 Å². The smallest absolute Gasteiger partial charge is 0.164 e. The Bertz CT molecular complexity index is 1050. The first-order valence-electron chi connectivity index (χ1n) is 8.60. The molecule has 0 fully saturated rings. The fourth-order valence-electron chi connectivity index (χ4n) is 3.01. The molecule has 1 aromatic heterocycles. The minimum absolute atomic E-state index is 0.160. The molecule has 0 bridgehead atoms. The number of aromatic nitrogens is 1. The number of hydrogen-bond donors (Lipinski definition) is 1. The number of nitrogens with zero attached hydrogens (tertiary/aromatic N) is 2. The third kappa shape index (κ3) is 3.42. The van der Waals surface area contributed by atoms with Crippen molar-refractivity contribution in [3.05, 3.63) is 53.6 Å². The lowest BCUT2D eigenvalue weighted by Crippen LogP contribution is -2.01. The maximum absolute atomic E-state index is 9.68. The molecule has 0 spiro atoms. The van der Waals surface area contributed by atoms with Gasteiger partial charge in [-0.05, 0) is 19.1 Å². The maximum Gasteiger partial charge on any atom is 0.164 e. The predicted octanol–water partition coefficient (Wildman–Crippen LogP) is 4.20. The minimum atomic E-state index is 0.160. The first-order valence-corrected chi connectivity index (χ1v) is 8.60. The van der Waals surface area contributed by atoms with Crippen molar-refractivity contribution in [3.63, 3.8) is 0 Å². The molecule has 0 aliphatic carbocycles. The highest BCUT2D eigenvalue weighted by molar-refractivity contribution is 5.84. The SMILES string of the molecule is COc1cc(OC)c(-c2cc(-c3ccc(C)cc3)nc(N)c2C#N)cc1OC. The summed E-state index contributed by atoms with van der Waals surface area (Å²) in [7, 11) is 4.66. The first-order chi connectivity index (χ1) is 13.5. The molecule has 1 heterocycles. The number of pyridine rings is 1. The van der Waals surface area contributed by atoms with Crippen LogP contribution in [0.3, 0.4) is 0 Å². The summed E-state index contributed by atoms with van der Waals surface area (Å²) in [5, 5.41) is 9.68. The molecule has 3 aromatic rings. The van der Waals surface area contributed by atoms with Gasteiger partial charge in [0.25, 0.3) is 0 Å². The Balaban J connectivity index is 2.29. The number of nitrogens with two attached hydrogens (primary N) is 1. The molecule has 2 N–H and O–H groups in total. The van der Waals surface area contributed by atoms with E-state index in [0.29, 0.717) is 34.1 Å². The average molecular weight is 375 g/mol. The van der Waals surface area contributed by atoms with Gasteiger partial charge in [0.15, 0.2) is 11.5 Å². The number of anilines is 1. The van der Waals surface area contributed by atoms with E-state index in [9.17, 15) is 5.26 Å². The Morgan fingerprint density at radius 2 is 1.46 bits per heavy atom. The molecule has 0 amide bonds. The van der Waals surface area contributed by atoms with Gasteiger partial charge < -0.3 is 19.9 Å². The minimum Gasteiger partial charge on any atom is -0.496 e. The standard InChI is InChI=1S/C22H21N3O3/c1-13-5-7-14(8-6-13)18-9-15(17(12-23)22(24)25-18)16-10-20(27-3)21(28-4)11-19(16)26-2/h5-11H,1-4H3,(H2,24,25). The van der Waals surface area contributed by atoms with Crippen LogP contribution in [0.5, 0.6) is 17.2 Å². The summed E-state index contributed by atoms with van der Waals surface area (Å²) >= 11 is 0. The van der Waals surface area contributed by atoms with E-state index >= 15 is 0 Å². The van der Waals surface area contributed by atoms with Crippen LogP contribution in [0.2, 0.25) is 0 Å². The predicted molar refractivity (Wildman–Crippen MR) is 109 cm³/mol. The van der Waals surface area contributed by atoms with Crippen LogP contribution in [0, 0.1) is 18.3 Å². The largest absolute Gasteiger partial charge is 0.496 e. The fourth-order valence-corrected chi connectivity index (χ4v) is 3.01. The Hall–Kier alpha value is -3.72. The number of rotatable bonds is 5. The molecule has 142 valence electrons. The van der Waals surface area contributed by atoms with Gasteiger partial charge in [-0.15, -0.1) is 0 Å². The lowest BCUT2D eigenvalue weighted by Gasteiger charge is -2.16. The molecule has 2 aromatic carbocycles. The van der Waals surface area contributed by atoms with Crippen LogP contribution in [0.4, 0.5) is 5.82 Å². The lowest BCUT2D eigenvalue weighted by atomic mass is 9.97. The zero-order chi connectivity index (χ0) is 20.3. The van der Waals surface area contributed by atoms with Crippen molar-refractivity contribution in [3.8, 4) is 45.7 Å². The summed E-state index contributed by atoms with van der Waals surface area (Å²) in [6, 6.07) is 15.4. The molecule has 0 atom stereocenters. The molecule has 0 aliphatic rings. The summed E-state index contributed by atoms with van der Waals surface area (Å²) in [4.78, 5) is 4.42. The van der Waals surface area contributed by atoms with Gasteiger partial charge in [-0.2, -0.15) is 5.26 Å². The molecular weight excluding hydrogens is 354 g/mol. The van der Waals surface area contributed by atoms with Crippen molar-refractivity contribution in [2.45, 2.75) is 6.92 Å². The molecule has 0 saturated heterocycles. The molecule has 0 unspecified atom stereocenters. The number of nitrogen functional groups attached to an aromatic ring is 1. The summed E-state index contributed by atoms with van der Waals surface area (Å²) in [6.45, 7) is 2.02. The number of ether oxygens (including phenoxy) is 3. The van der Waals surface area contributed by atoms with Crippen LogP contribution in [-0.4, -0.2) is 26.3 Å². The highest BCUT2D eigenvalue weighted by Gasteiger charge is 2.19. The number of nitriles is 1. The number of aryl methyl sites for hydroxylation is 1. The number of hydrogen-bond acceptors (Lipinski definition) is 6. The van der Waals surface area contributed by atoms with Gasteiger partial charge >= 0.3 is 0 Å². The van der Waals surface area contributed by atoms with E-state index in [1.165, 1.54) is 0 Å². The second-order valence-electron chi connectivity index (χ2n) is 6.20. The van der Waals surface area contributed by atoms with E-state index in [4.69, 9.17) is 19.9 Å². The van der Waals surface area contributed by atoms with Crippen LogP contribution in [0.1, 0.15) is 11.1 Å². The highest BCUT2D eigenvalue weighted by Crippen LogP contribution is 2.42. The third-order valence-electron chi connectivity index (χ3n) is 4.50. The van der Waals surface area contributed by atoms with Crippen molar-refractivity contribution < 1.29 is 14.2 Å². The molecular formula is C22H21N3O3. The molecule has 28 heavy (non-hydrogen) atoms. The van der Waals surface area contributed by atoms with Crippen LogP contribution < -0.4 is 19.9 Å². The van der Waals surface area contributed by atoms with Crippen LogP contribution >= 0.6 is 0 Å². The molecule has 0 saturated carbocycles. The van der Waals surface area contributed by atoms with E-state index < -0.39 is 0 Å². The molecule has 0 radical (unpaired) electrons. The van der Waals surface area contributed by atoms with Crippen molar-refractivity contribution >= 4 is 5.82 Å². The molecule has 6 heteroatoms. The fraction of sp³-hybridized carbons (Fsp3) is 0.182. The molecule has 0 aliphatic heterocycles. The average Bonchev–Trinajstić information content (AvgIpc) is 2.72. The summed E-state index contributed by atoms with van der Waals surface area (Å²) in [5.74, 6) is 1.75. The van der Waals surface area contributed by atoms with Gasteiger partial charge in [0.1, 0.15) is 23.2 Å².